The van der Waals surface area contributed by atoms with E-state index in [0.29, 0.717) is 0 Å². The summed E-state index contributed by atoms with van der Waals surface area (Å²) >= 11 is 0. The molecule has 13 heavy (non-hydrogen) atoms. The summed E-state index contributed by atoms with van der Waals surface area (Å²) in [5.74, 6) is 0. The molecule has 0 spiro atoms. The Balaban J connectivity index is 3.86. The molecular formula is C8H15O4P. The zero-order valence-electron chi connectivity index (χ0n) is 7.84. The average molecular weight is 206 g/mol. The Bertz CT molecular complexity index is 202. The Morgan fingerprint density at radius 2 is 1.54 bits per heavy atom. The molecule has 0 rings (SSSR count). The molecule has 1 N–H and O–H groups in total. The molecule has 0 amide bonds. The average Bonchev–Trinajstić information content (AvgIpc) is 2.05. The fourth-order valence-electron chi connectivity index (χ4n) is 0.457. The van der Waals surface area contributed by atoms with E-state index in [-0.39, 0.29) is 0 Å². The topological polar surface area (TPSA) is 55.8 Å². The number of rotatable bonds is 6. The second-order valence-corrected chi connectivity index (χ2v) is 3.60. The van der Waals surface area contributed by atoms with Crippen LogP contribution in [0.5, 0.6) is 0 Å². The van der Waals surface area contributed by atoms with E-state index >= 15 is 0 Å². The molecular weight excluding hydrogens is 191 g/mol. The van der Waals surface area contributed by atoms with Gasteiger partial charge in [0.15, 0.2) is 0 Å². The number of phosphoric ester groups is 1. The summed E-state index contributed by atoms with van der Waals surface area (Å²) in [6.07, 6.45) is 7.06. The fourth-order valence-corrected chi connectivity index (χ4v) is 0.987. The van der Waals surface area contributed by atoms with Gasteiger partial charge in [-0.15, -0.1) is 0 Å². The van der Waals surface area contributed by atoms with Gasteiger partial charge < -0.3 is 9.05 Å². The van der Waals surface area contributed by atoms with E-state index in [1.807, 2.05) is 13.8 Å². The molecule has 0 aliphatic carbocycles. The van der Waals surface area contributed by atoms with E-state index in [1.165, 1.54) is 12.5 Å². The van der Waals surface area contributed by atoms with Crippen molar-refractivity contribution >= 4 is 7.82 Å². The van der Waals surface area contributed by atoms with Crippen molar-refractivity contribution in [3.05, 3.63) is 24.7 Å². The minimum atomic E-state index is -3.93. The van der Waals surface area contributed by atoms with Crippen molar-refractivity contribution in [2.24, 2.45) is 0 Å². The molecule has 0 aromatic rings. The molecule has 0 bridgehead atoms. The number of hydrogen-bond acceptors (Lipinski definition) is 3. The Hall–Kier alpha value is -0.730. The molecule has 0 fully saturated rings. The van der Waals surface area contributed by atoms with Crippen LogP contribution in [0.2, 0.25) is 0 Å². The molecule has 0 unspecified atom stereocenters. The van der Waals surface area contributed by atoms with Crippen molar-refractivity contribution in [1.82, 2.24) is 0 Å². The third-order valence-corrected chi connectivity index (χ3v) is 1.83. The van der Waals surface area contributed by atoms with Crippen LogP contribution in [-0.4, -0.2) is 4.89 Å². The minimum absolute atomic E-state index is 0.741. The minimum Gasteiger partial charge on any atom is -0.404 e. The van der Waals surface area contributed by atoms with E-state index in [2.05, 4.69) is 9.05 Å². The molecule has 0 aromatic heterocycles. The highest BCUT2D eigenvalue weighted by Gasteiger charge is 2.19. The van der Waals surface area contributed by atoms with Gasteiger partial charge in [-0.3, -0.25) is 4.89 Å². The van der Waals surface area contributed by atoms with Gasteiger partial charge in [0.05, 0.1) is 12.5 Å². The van der Waals surface area contributed by atoms with E-state index in [9.17, 15) is 4.57 Å². The lowest BCUT2D eigenvalue weighted by atomic mass is 10.5. The summed E-state index contributed by atoms with van der Waals surface area (Å²) in [6.45, 7) is 3.78. The van der Waals surface area contributed by atoms with E-state index in [4.69, 9.17) is 4.89 Å². The van der Waals surface area contributed by atoms with E-state index < -0.39 is 7.82 Å². The maximum absolute atomic E-state index is 11.0. The molecule has 0 heterocycles. The zero-order valence-corrected chi connectivity index (χ0v) is 8.74. The zero-order chi connectivity index (χ0) is 10.2. The summed E-state index contributed by atoms with van der Waals surface area (Å²) in [7, 11) is -3.93. The highest BCUT2D eigenvalue weighted by atomic mass is 31.2. The van der Waals surface area contributed by atoms with Crippen molar-refractivity contribution in [1.29, 1.82) is 0 Å². The maximum atomic E-state index is 11.0. The standard InChI is InChI=1S/C8H15O4P/c1-3-5-7-11-13(9,10)12-8-6-4-2/h5-8H,3-4H2,1-2H3,(H,9,10). The lowest BCUT2D eigenvalue weighted by Gasteiger charge is -2.06. The van der Waals surface area contributed by atoms with Gasteiger partial charge in [-0.25, -0.2) is 4.57 Å². The van der Waals surface area contributed by atoms with Gasteiger partial charge in [-0.1, -0.05) is 13.8 Å². The first-order chi connectivity index (χ1) is 6.12. The molecule has 0 aromatic carbocycles. The highest BCUT2D eigenvalue weighted by Crippen LogP contribution is 2.43. The van der Waals surface area contributed by atoms with Crippen LogP contribution in [0.3, 0.4) is 0 Å². The maximum Gasteiger partial charge on any atom is 0.583 e. The summed E-state index contributed by atoms with van der Waals surface area (Å²) in [5, 5.41) is 0. The second kappa shape index (κ2) is 6.75. The number of allylic oxidation sites excluding steroid dienone is 2. The van der Waals surface area contributed by atoms with Crippen molar-refractivity contribution in [2.75, 3.05) is 0 Å². The largest absolute Gasteiger partial charge is 0.583 e. The molecule has 0 radical (unpaired) electrons. The van der Waals surface area contributed by atoms with E-state index in [1.54, 1.807) is 12.2 Å². The van der Waals surface area contributed by atoms with Crippen molar-refractivity contribution in [3.8, 4) is 0 Å². The molecule has 5 heteroatoms. The van der Waals surface area contributed by atoms with Gasteiger partial charge in [-0.2, -0.15) is 0 Å². The Labute approximate surface area is 78.5 Å². The van der Waals surface area contributed by atoms with Crippen molar-refractivity contribution < 1.29 is 18.5 Å². The molecule has 76 valence electrons. The van der Waals surface area contributed by atoms with Gasteiger partial charge in [0.25, 0.3) is 0 Å². The SMILES string of the molecule is CCC=COP(=O)(O)OC=CCC. The van der Waals surface area contributed by atoms with Crippen LogP contribution in [-0.2, 0) is 13.6 Å². The fraction of sp³-hybridized carbons (Fsp3) is 0.500. The Kier molecular flexibility index (Phi) is 6.37. The van der Waals surface area contributed by atoms with Crippen LogP contribution in [0.25, 0.3) is 0 Å². The van der Waals surface area contributed by atoms with E-state index in [0.717, 1.165) is 12.8 Å². The summed E-state index contributed by atoms with van der Waals surface area (Å²) in [5.41, 5.74) is 0. The van der Waals surface area contributed by atoms with Crippen LogP contribution in [0.1, 0.15) is 26.7 Å². The predicted octanol–water partition coefficient (Wildman–Crippen LogP) is 2.97. The number of phosphoric acid groups is 1. The highest BCUT2D eigenvalue weighted by molar-refractivity contribution is 7.47. The molecule has 0 saturated heterocycles. The summed E-state index contributed by atoms with van der Waals surface area (Å²) in [6, 6.07) is 0. The molecule has 0 aliphatic heterocycles. The smallest absolute Gasteiger partial charge is 0.404 e. The first kappa shape index (κ1) is 12.3. The molecule has 0 aliphatic rings. The van der Waals surface area contributed by atoms with Gasteiger partial charge in [0.2, 0.25) is 0 Å². The molecule has 0 saturated carbocycles. The monoisotopic (exact) mass is 206 g/mol. The van der Waals surface area contributed by atoms with Crippen molar-refractivity contribution in [3.63, 3.8) is 0 Å². The normalized spacial score (nSPS) is 16.2. The quantitative estimate of drug-likeness (QED) is 0.536. The third-order valence-electron chi connectivity index (χ3n) is 1.05. The van der Waals surface area contributed by atoms with Crippen LogP contribution in [0, 0.1) is 0 Å². The van der Waals surface area contributed by atoms with Crippen LogP contribution in [0.4, 0.5) is 0 Å². The van der Waals surface area contributed by atoms with Crippen LogP contribution in [0.15, 0.2) is 24.7 Å². The van der Waals surface area contributed by atoms with Gasteiger partial charge >= 0.3 is 7.82 Å². The Morgan fingerprint density at radius 3 is 1.85 bits per heavy atom. The van der Waals surface area contributed by atoms with Gasteiger partial charge in [0, 0.05) is 0 Å². The molecule has 0 atom stereocenters. The predicted molar refractivity (Wildman–Crippen MR) is 50.9 cm³/mol. The lowest BCUT2D eigenvalue weighted by molar-refractivity contribution is 0.243. The summed E-state index contributed by atoms with van der Waals surface area (Å²) < 4.78 is 19.9. The Morgan fingerprint density at radius 1 is 1.15 bits per heavy atom. The van der Waals surface area contributed by atoms with Crippen LogP contribution < -0.4 is 0 Å². The first-order valence-corrected chi connectivity index (χ1v) is 5.61. The van der Waals surface area contributed by atoms with Gasteiger partial charge in [-0.05, 0) is 25.0 Å². The molecule has 4 nitrogen and oxygen atoms in total. The summed E-state index contributed by atoms with van der Waals surface area (Å²) in [4.78, 5) is 8.98. The first-order valence-electron chi connectivity index (χ1n) is 4.12. The lowest BCUT2D eigenvalue weighted by Crippen LogP contribution is -1.83. The van der Waals surface area contributed by atoms with Crippen LogP contribution >= 0.6 is 7.82 Å². The van der Waals surface area contributed by atoms with Gasteiger partial charge in [0.1, 0.15) is 0 Å². The number of hydrogen-bond donors (Lipinski definition) is 1. The third kappa shape index (κ3) is 7.62. The van der Waals surface area contributed by atoms with Crippen molar-refractivity contribution in [2.45, 2.75) is 26.7 Å². The second-order valence-electron chi connectivity index (χ2n) is 2.24.